The van der Waals surface area contributed by atoms with Crippen LogP contribution in [0.15, 0.2) is 36.5 Å². The Bertz CT molecular complexity index is 801. The van der Waals surface area contributed by atoms with Crippen molar-refractivity contribution in [1.29, 1.82) is 0 Å². The smallest absolute Gasteiger partial charge is 0.258 e. The molecule has 1 aromatic heterocycles. The van der Waals surface area contributed by atoms with Gasteiger partial charge in [0.15, 0.2) is 0 Å². The molecule has 4 bridgehead atoms. The van der Waals surface area contributed by atoms with Gasteiger partial charge in [0.2, 0.25) is 5.88 Å². The molecule has 5 nitrogen and oxygen atoms in total. The number of aryl methyl sites for hydroxylation is 1. The predicted molar refractivity (Wildman–Crippen MR) is 102 cm³/mol. The van der Waals surface area contributed by atoms with E-state index in [0.717, 1.165) is 17.4 Å². The average Bonchev–Trinajstić information content (AvgIpc) is 3.04. The molecule has 1 heterocycles. The maximum Gasteiger partial charge on any atom is 0.258 e. The van der Waals surface area contributed by atoms with Crippen LogP contribution in [0.1, 0.15) is 48.0 Å². The Morgan fingerprint density at radius 1 is 1.11 bits per heavy atom. The van der Waals surface area contributed by atoms with Crippen LogP contribution in [-0.2, 0) is 13.7 Å². The number of hydrogen-bond donors (Lipinski definition) is 1. The second-order valence-electron chi connectivity index (χ2n) is 8.69. The third-order valence-electron chi connectivity index (χ3n) is 6.87. The molecule has 0 saturated heterocycles. The molecule has 5 heteroatoms. The highest BCUT2D eigenvalue weighted by Gasteiger charge is 2.48. The van der Waals surface area contributed by atoms with Crippen molar-refractivity contribution in [3.8, 4) is 5.88 Å². The van der Waals surface area contributed by atoms with Crippen molar-refractivity contribution in [1.82, 2.24) is 15.1 Å². The number of carbonyl (C=O) groups excluding carboxylic acids is 1. The topological polar surface area (TPSA) is 56.2 Å². The lowest BCUT2D eigenvalue weighted by Gasteiger charge is -2.54. The summed E-state index contributed by atoms with van der Waals surface area (Å²) < 4.78 is 7.61. The van der Waals surface area contributed by atoms with Crippen LogP contribution in [0.25, 0.3) is 0 Å². The fraction of sp³-hybridized carbons (Fsp3) is 0.545. The summed E-state index contributed by atoms with van der Waals surface area (Å²) in [5.74, 6) is 3.64. The molecule has 0 atom stereocenters. The van der Waals surface area contributed by atoms with E-state index in [9.17, 15) is 4.79 Å². The van der Waals surface area contributed by atoms with Gasteiger partial charge in [0, 0.05) is 13.1 Å². The third-order valence-corrected chi connectivity index (χ3v) is 6.87. The van der Waals surface area contributed by atoms with Crippen LogP contribution < -0.4 is 10.1 Å². The lowest BCUT2D eigenvalue weighted by atomic mass is 9.54. The Balaban J connectivity index is 1.29. The van der Waals surface area contributed by atoms with Crippen molar-refractivity contribution >= 4 is 5.91 Å². The van der Waals surface area contributed by atoms with E-state index in [1.807, 2.05) is 37.4 Å². The van der Waals surface area contributed by atoms with Gasteiger partial charge < -0.3 is 10.1 Å². The molecule has 2 aromatic rings. The van der Waals surface area contributed by atoms with Gasteiger partial charge in [0.1, 0.15) is 12.2 Å². The summed E-state index contributed by atoms with van der Waals surface area (Å²) in [4.78, 5) is 13.0. The van der Waals surface area contributed by atoms with Crippen LogP contribution in [0, 0.1) is 23.7 Å². The molecule has 1 amide bonds. The summed E-state index contributed by atoms with van der Waals surface area (Å²) in [6.07, 6.45) is 8.23. The van der Waals surface area contributed by atoms with Gasteiger partial charge in [0.25, 0.3) is 5.91 Å². The highest BCUT2D eigenvalue weighted by molar-refractivity contribution is 5.96. The Labute approximate surface area is 160 Å². The molecule has 1 N–H and O–H groups in total. The van der Waals surface area contributed by atoms with E-state index in [1.54, 1.807) is 10.9 Å². The van der Waals surface area contributed by atoms with Crippen molar-refractivity contribution < 1.29 is 9.53 Å². The number of benzene rings is 1. The quantitative estimate of drug-likeness (QED) is 0.881. The number of hydrogen-bond acceptors (Lipinski definition) is 3. The van der Waals surface area contributed by atoms with Gasteiger partial charge in [-0.25, -0.2) is 4.68 Å². The molecule has 4 fully saturated rings. The maximum atomic E-state index is 13.0. The van der Waals surface area contributed by atoms with Crippen molar-refractivity contribution in [3.05, 3.63) is 47.7 Å². The van der Waals surface area contributed by atoms with E-state index in [4.69, 9.17) is 4.74 Å². The highest BCUT2D eigenvalue weighted by Crippen LogP contribution is 2.53. The van der Waals surface area contributed by atoms with E-state index < -0.39 is 0 Å². The fourth-order valence-corrected chi connectivity index (χ4v) is 5.87. The van der Waals surface area contributed by atoms with Crippen molar-refractivity contribution in [2.45, 2.75) is 44.8 Å². The SMILES string of the molecule is Cn1ncc(C(=O)NC2C3CC4CC(C3)CC2C4)c1OCc1ccccc1. The molecule has 0 spiro atoms. The van der Waals surface area contributed by atoms with Gasteiger partial charge in [-0.2, -0.15) is 5.10 Å². The van der Waals surface area contributed by atoms with E-state index in [0.29, 0.717) is 35.9 Å². The fourth-order valence-electron chi connectivity index (χ4n) is 5.87. The zero-order valence-electron chi connectivity index (χ0n) is 15.8. The Morgan fingerprint density at radius 2 is 1.78 bits per heavy atom. The van der Waals surface area contributed by atoms with Gasteiger partial charge in [-0.05, 0) is 61.3 Å². The minimum Gasteiger partial charge on any atom is -0.472 e. The van der Waals surface area contributed by atoms with E-state index in [-0.39, 0.29) is 5.91 Å². The zero-order chi connectivity index (χ0) is 18.4. The number of rotatable bonds is 5. The molecule has 0 unspecified atom stereocenters. The monoisotopic (exact) mass is 365 g/mol. The van der Waals surface area contributed by atoms with Crippen LogP contribution in [0.3, 0.4) is 0 Å². The summed E-state index contributed by atoms with van der Waals surface area (Å²) in [5, 5.41) is 7.62. The molecular formula is C22H27N3O2. The molecule has 4 aliphatic carbocycles. The number of aromatic nitrogens is 2. The lowest BCUT2D eigenvalue weighted by Crippen LogP contribution is -2.55. The third kappa shape index (κ3) is 3.13. The first-order valence-electron chi connectivity index (χ1n) is 10.2. The first-order valence-corrected chi connectivity index (χ1v) is 10.2. The zero-order valence-corrected chi connectivity index (χ0v) is 15.8. The molecule has 1 aromatic carbocycles. The van der Waals surface area contributed by atoms with Crippen LogP contribution in [0.5, 0.6) is 5.88 Å². The van der Waals surface area contributed by atoms with Crippen LogP contribution in [0.2, 0.25) is 0 Å². The second-order valence-corrected chi connectivity index (χ2v) is 8.69. The van der Waals surface area contributed by atoms with Crippen molar-refractivity contribution in [2.24, 2.45) is 30.7 Å². The molecule has 4 saturated carbocycles. The van der Waals surface area contributed by atoms with Crippen molar-refractivity contribution in [2.75, 3.05) is 0 Å². The summed E-state index contributed by atoms with van der Waals surface area (Å²) in [5.41, 5.74) is 1.62. The minimum atomic E-state index is -0.0383. The number of amides is 1. The second kappa shape index (κ2) is 6.70. The van der Waals surface area contributed by atoms with Gasteiger partial charge in [-0.3, -0.25) is 4.79 Å². The number of nitrogens with zero attached hydrogens (tertiary/aromatic N) is 2. The summed E-state index contributed by atoms with van der Waals surface area (Å²) in [6.45, 7) is 0.429. The summed E-state index contributed by atoms with van der Waals surface area (Å²) in [6, 6.07) is 10.3. The number of ether oxygens (including phenoxy) is 1. The molecule has 142 valence electrons. The molecular weight excluding hydrogens is 338 g/mol. The molecule has 27 heavy (non-hydrogen) atoms. The normalized spacial score (nSPS) is 31.1. The van der Waals surface area contributed by atoms with E-state index in [2.05, 4.69) is 10.4 Å². The van der Waals surface area contributed by atoms with Gasteiger partial charge in [-0.15, -0.1) is 0 Å². The summed E-state index contributed by atoms with van der Waals surface area (Å²) in [7, 11) is 1.82. The van der Waals surface area contributed by atoms with Crippen LogP contribution in [-0.4, -0.2) is 21.7 Å². The first kappa shape index (κ1) is 16.8. The van der Waals surface area contributed by atoms with E-state index >= 15 is 0 Å². The van der Waals surface area contributed by atoms with Crippen molar-refractivity contribution in [3.63, 3.8) is 0 Å². The first-order chi connectivity index (χ1) is 13.2. The number of nitrogens with one attached hydrogen (secondary N) is 1. The molecule has 6 rings (SSSR count). The average molecular weight is 365 g/mol. The minimum absolute atomic E-state index is 0.0383. The standard InChI is InChI=1S/C22H27N3O2/c1-25-22(27-13-14-5-3-2-4-6-14)19(12-23-25)21(26)24-20-17-8-15-7-16(10-17)11-18(20)9-15/h2-6,12,15-18,20H,7-11,13H2,1H3,(H,24,26). The predicted octanol–water partition coefficient (Wildman–Crippen LogP) is 3.55. The van der Waals surface area contributed by atoms with Crippen LogP contribution >= 0.6 is 0 Å². The largest absolute Gasteiger partial charge is 0.472 e. The molecule has 4 aliphatic rings. The van der Waals surface area contributed by atoms with Crippen LogP contribution in [0.4, 0.5) is 0 Å². The molecule has 0 radical (unpaired) electrons. The maximum absolute atomic E-state index is 13.0. The van der Waals surface area contributed by atoms with Gasteiger partial charge in [0.05, 0.1) is 6.20 Å². The highest BCUT2D eigenvalue weighted by atomic mass is 16.5. The van der Waals surface area contributed by atoms with Gasteiger partial charge in [-0.1, -0.05) is 30.3 Å². The Kier molecular flexibility index (Phi) is 4.18. The Morgan fingerprint density at radius 3 is 2.44 bits per heavy atom. The Hall–Kier alpha value is -2.30. The van der Waals surface area contributed by atoms with E-state index in [1.165, 1.54) is 32.1 Å². The summed E-state index contributed by atoms with van der Waals surface area (Å²) >= 11 is 0. The molecule has 0 aliphatic heterocycles. The van der Waals surface area contributed by atoms with Gasteiger partial charge >= 0.3 is 0 Å². The lowest BCUT2D eigenvalue weighted by molar-refractivity contribution is -0.0120. The number of carbonyl (C=O) groups is 1.